The number of allylic oxidation sites excluding steroid dienone is 1. The molecule has 0 saturated carbocycles. The van der Waals surface area contributed by atoms with Gasteiger partial charge in [-0.05, 0) is 17.7 Å². The first kappa shape index (κ1) is 18.6. The zero-order chi connectivity index (χ0) is 19.5. The lowest BCUT2D eigenvalue weighted by molar-refractivity contribution is 0.173. The van der Waals surface area contributed by atoms with E-state index >= 15 is 0 Å². The Bertz CT molecular complexity index is 1050. The molecule has 0 fully saturated rings. The summed E-state index contributed by atoms with van der Waals surface area (Å²) in [6.07, 6.45) is 2.64. The molecule has 0 saturated heterocycles. The fourth-order valence-corrected chi connectivity index (χ4v) is 4.99. The number of aromatic nitrogens is 3. The normalized spacial score (nSPS) is 26.6. The van der Waals surface area contributed by atoms with Crippen LogP contribution in [0.25, 0.3) is 0 Å². The van der Waals surface area contributed by atoms with Crippen LogP contribution in [-0.2, 0) is 14.1 Å². The number of hydrogen-bond acceptors (Lipinski definition) is 5. The molecule has 0 amide bonds. The number of hydrogen-bond donors (Lipinski definition) is 1. The van der Waals surface area contributed by atoms with E-state index in [9.17, 15) is 14.7 Å². The van der Waals surface area contributed by atoms with Crippen LogP contribution in [0.3, 0.4) is 0 Å². The van der Waals surface area contributed by atoms with Crippen molar-refractivity contribution in [3.8, 4) is 11.5 Å². The molecule has 1 aliphatic heterocycles. The molecule has 2 aliphatic rings. The van der Waals surface area contributed by atoms with Gasteiger partial charge in [0.05, 0.1) is 17.0 Å². The second-order valence-corrected chi connectivity index (χ2v) is 8.47. The van der Waals surface area contributed by atoms with Gasteiger partial charge in [-0.25, -0.2) is 23.5 Å². The van der Waals surface area contributed by atoms with Gasteiger partial charge in [0, 0.05) is 24.5 Å². The largest absolute Gasteiger partial charge is 0.454 e. The Morgan fingerprint density at radius 2 is 1.78 bits per heavy atom. The summed E-state index contributed by atoms with van der Waals surface area (Å²) >= 11 is 7.15. The fraction of sp³-hybridized carbons (Fsp3) is 0.412. The first-order chi connectivity index (χ1) is 12.8. The van der Waals surface area contributed by atoms with Crippen LogP contribution in [0.2, 0.25) is 0 Å². The zero-order valence-corrected chi connectivity index (χ0v) is 17.7. The Kier molecular flexibility index (Phi) is 4.59. The van der Waals surface area contributed by atoms with Gasteiger partial charge >= 0.3 is 11.4 Å². The van der Waals surface area contributed by atoms with Crippen LogP contribution < -0.4 is 20.9 Å². The van der Waals surface area contributed by atoms with Crippen molar-refractivity contribution >= 4 is 31.9 Å². The number of ether oxygens (including phenoxy) is 2. The van der Waals surface area contributed by atoms with Gasteiger partial charge in [-0.15, -0.1) is 0 Å². The van der Waals surface area contributed by atoms with Crippen molar-refractivity contribution in [3.63, 3.8) is 0 Å². The summed E-state index contributed by atoms with van der Waals surface area (Å²) in [5, 5.41) is 10.4. The van der Waals surface area contributed by atoms with Crippen molar-refractivity contribution in [3.05, 3.63) is 55.3 Å². The minimum absolute atomic E-state index is 0.145. The molecule has 2 heterocycles. The highest BCUT2D eigenvalue weighted by atomic mass is 79.9. The third-order valence-electron chi connectivity index (χ3n) is 5.05. The predicted octanol–water partition coefficient (Wildman–Crippen LogP) is 1.40. The van der Waals surface area contributed by atoms with Crippen molar-refractivity contribution in [2.75, 3.05) is 6.79 Å². The minimum atomic E-state index is -0.750. The average molecular weight is 503 g/mol. The van der Waals surface area contributed by atoms with Gasteiger partial charge in [0.2, 0.25) is 6.79 Å². The summed E-state index contributed by atoms with van der Waals surface area (Å²) < 4.78 is 15.4. The molecular weight excluding hydrogens is 486 g/mol. The summed E-state index contributed by atoms with van der Waals surface area (Å²) in [7, 11) is 3.00. The summed E-state index contributed by atoms with van der Waals surface area (Å²) in [5.74, 6) is 0.883. The molecule has 1 aromatic heterocycles. The summed E-state index contributed by atoms with van der Waals surface area (Å²) in [4.78, 5) is 24.5. The first-order valence-corrected chi connectivity index (χ1v) is 9.96. The summed E-state index contributed by atoms with van der Waals surface area (Å²) in [5.41, 5.74) is 0.00183. The van der Waals surface area contributed by atoms with E-state index in [2.05, 4.69) is 31.9 Å². The number of rotatable bonds is 2. The molecule has 0 spiro atoms. The molecule has 8 nitrogen and oxygen atoms in total. The summed E-state index contributed by atoms with van der Waals surface area (Å²) in [6.45, 7) is 0.145. The minimum Gasteiger partial charge on any atom is -0.454 e. The number of halogens is 2. The second kappa shape index (κ2) is 6.68. The van der Waals surface area contributed by atoms with Crippen LogP contribution in [0.5, 0.6) is 11.5 Å². The van der Waals surface area contributed by atoms with Crippen LogP contribution in [0.4, 0.5) is 0 Å². The molecule has 1 aliphatic carbocycles. The van der Waals surface area contributed by atoms with Crippen molar-refractivity contribution in [2.45, 2.75) is 22.9 Å². The maximum absolute atomic E-state index is 12.7. The molecule has 0 unspecified atom stereocenters. The number of aliphatic hydroxyl groups is 1. The first-order valence-electron chi connectivity index (χ1n) is 8.25. The Balaban J connectivity index is 1.92. The molecule has 144 valence electrons. The molecule has 4 atom stereocenters. The van der Waals surface area contributed by atoms with Gasteiger partial charge in [-0.3, -0.25) is 0 Å². The maximum atomic E-state index is 12.7. The van der Waals surface area contributed by atoms with Crippen LogP contribution >= 0.6 is 31.9 Å². The molecule has 0 radical (unpaired) electrons. The van der Waals surface area contributed by atoms with Crippen molar-refractivity contribution in [1.82, 2.24) is 13.9 Å². The molecule has 1 N–H and O–H groups in total. The quantitative estimate of drug-likeness (QED) is 0.495. The van der Waals surface area contributed by atoms with Crippen molar-refractivity contribution < 1.29 is 14.6 Å². The monoisotopic (exact) mass is 501 g/mol. The lowest BCUT2D eigenvalue weighted by Crippen LogP contribution is -2.40. The Morgan fingerprint density at radius 1 is 1.11 bits per heavy atom. The Labute approximate surface area is 170 Å². The van der Waals surface area contributed by atoms with E-state index in [0.29, 0.717) is 11.5 Å². The van der Waals surface area contributed by atoms with E-state index in [1.54, 1.807) is 19.2 Å². The molecule has 0 bridgehead atoms. The third-order valence-corrected chi connectivity index (χ3v) is 6.84. The molecule has 4 rings (SSSR count). The van der Waals surface area contributed by atoms with Crippen LogP contribution in [-0.4, -0.2) is 36.8 Å². The smallest absolute Gasteiger partial charge is 0.347 e. The van der Waals surface area contributed by atoms with Gasteiger partial charge in [0.1, 0.15) is 0 Å². The van der Waals surface area contributed by atoms with Gasteiger partial charge in [0.25, 0.3) is 0 Å². The predicted molar refractivity (Wildman–Crippen MR) is 105 cm³/mol. The zero-order valence-electron chi connectivity index (χ0n) is 14.5. The molecular formula is C17H17Br2N3O5. The van der Waals surface area contributed by atoms with Gasteiger partial charge in [-0.2, -0.15) is 0 Å². The average Bonchev–Trinajstić information content (AvgIpc) is 3.16. The number of nitrogens with zero attached hydrogens (tertiary/aromatic N) is 3. The van der Waals surface area contributed by atoms with Crippen molar-refractivity contribution in [1.29, 1.82) is 0 Å². The SMILES string of the molecule is Cn1c(=O)n(C)n([C@H]2C=C[C@@H](O)[C@H](Br)[C@@H]2c2cc3c(cc2Br)OCO3)c1=O. The van der Waals surface area contributed by atoms with E-state index in [4.69, 9.17) is 9.47 Å². The standard InChI is InChI=1S/C17H17Br2N3O5/c1-20-16(24)21(2)22(17(20)25)10-3-4-11(23)15(19)14(10)8-5-12-13(6-9(8)18)27-7-26-12/h3-6,10-11,14-15,23H,7H2,1-2H3/t10-,11+,14+,15-/m0/s1. The lowest BCUT2D eigenvalue weighted by atomic mass is 9.82. The van der Waals surface area contributed by atoms with E-state index in [1.807, 2.05) is 12.1 Å². The highest BCUT2D eigenvalue weighted by Crippen LogP contribution is 2.47. The highest BCUT2D eigenvalue weighted by Gasteiger charge is 2.40. The van der Waals surface area contributed by atoms with E-state index in [-0.39, 0.29) is 17.5 Å². The Morgan fingerprint density at radius 3 is 2.41 bits per heavy atom. The maximum Gasteiger partial charge on any atom is 0.347 e. The fourth-order valence-electron chi connectivity index (χ4n) is 3.63. The van der Waals surface area contributed by atoms with Crippen molar-refractivity contribution in [2.24, 2.45) is 14.1 Å². The van der Waals surface area contributed by atoms with Gasteiger partial charge < -0.3 is 14.6 Å². The molecule has 10 heteroatoms. The summed E-state index contributed by atoms with van der Waals surface area (Å²) in [6, 6.07) is 3.17. The van der Waals surface area contributed by atoms with E-state index < -0.39 is 23.5 Å². The van der Waals surface area contributed by atoms with Gasteiger partial charge in [0.15, 0.2) is 11.5 Å². The lowest BCUT2D eigenvalue weighted by Gasteiger charge is -2.36. The van der Waals surface area contributed by atoms with E-state index in [0.717, 1.165) is 14.6 Å². The Hall–Kier alpha value is -1.78. The number of aliphatic hydroxyl groups excluding tert-OH is 1. The molecule has 2 aromatic rings. The number of benzene rings is 1. The van der Waals surface area contributed by atoms with Crippen LogP contribution in [0.1, 0.15) is 17.5 Å². The topological polar surface area (TPSA) is 87.6 Å². The highest BCUT2D eigenvalue weighted by molar-refractivity contribution is 9.10. The second-order valence-electron chi connectivity index (χ2n) is 6.56. The van der Waals surface area contributed by atoms with Gasteiger partial charge in [-0.1, -0.05) is 44.0 Å². The third kappa shape index (κ3) is 2.81. The molecule has 27 heavy (non-hydrogen) atoms. The van der Waals surface area contributed by atoms with Crippen LogP contribution in [0.15, 0.2) is 38.3 Å². The molecule has 1 aromatic carbocycles. The van der Waals surface area contributed by atoms with Crippen LogP contribution in [0, 0.1) is 0 Å². The van der Waals surface area contributed by atoms with E-state index in [1.165, 1.54) is 16.4 Å². The number of fused-ring (bicyclic) bond motifs is 1. The number of alkyl halides is 1.